The van der Waals surface area contributed by atoms with Gasteiger partial charge in [-0.05, 0) is 41.3 Å². The third-order valence-electron chi connectivity index (χ3n) is 5.85. The maximum absolute atomic E-state index is 13.5. The Morgan fingerprint density at radius 2 is 1.80 bits per heavy atom. The summed E-state index contributed by atoms with van der Waals surface area (Å²) in [5, 5.41) is 12.2. The largest absolute Gasteiger partial charge is 0.363 e. The van der Waals surface area contributed by atoms with Crippen LogP contribution < -0.4 is 4.90 Å². The van der Waals surface area contributed by atoms with Crippen molar-refractivity contribution in [3.05, 3.63) is 95.3 Å². The van der Waals surface area contributed by atoms with Gasteiger partial charge in [-0.2, -0.15) is 0 Å². The molecule has 0 aliphatic carbocycles. The van der Waals surface area contributed by atoms with E-state index in [4.69, 9.17) is 0 Å². The van der Waals surface area contributed by atoms with Gasteiger partial charge in [0.05, 0.1) is 17.4 Å². The second-order valence-corrected chi connectivity index (χ2v) is 8.79. The molecule has 0 saturated heterocycles. The number of aliphatic hydroxyl groups is 1. The number of aromatic amines is 1. The molecular formula is C25H23N3O2. The number of imidazole rings is 1. The van der Waals surface area contributed by atoms with Crippen molar-refractivity contribution in [2.75, 3.05) is 4.90 Å². The Kier molecular flexibility index (Phi) is 3.89. The summed E-state index contributed by atoms with van der Waals surface area (Å²) in [6.45, 7) is 6.39. The van der Waals surface area contributed by atoms with Gasteiger partial charge in [0.2, 0.25) is 0 Å². The summed E-state index contributed by atoms with van der Waals surface area (Å²) < 4.78 is 0. The van der Waals surface area contributed by atoms with Crippen LogP contribution in [0.4, 0.5) is 5.69 Å². The predicted octanol–water partition coefficient (Wildman–Crippen LogP) is 4.71. The monoisotopic (exact) mass is 397 g/mol. The minimum atomic E-state index is -1.62. The number of fused-ring (bicyclic) bond motifs is 2. The van der Waals surface area contributed by atoms with Crippen molar-refractivity contribution < 1.29 is 9.90 Å². The van der Waals surface area contributed by atoms with E-state index < -0.39 is 5.72 Å². The normalized spacial score (nSPS) is 18.8. The molecule has 0 radical (unpaired) electrons. The molecule has 2 heterocycles. The summed E-state index contributed by atoms with van der Waals surface area (Å²) >= 11 is 0. The summed E-state index contributed by atoms with van der Waals surface area (Å²) in [6.07, 6.45) is 1.62. The highest BCUT2D eigenvalue weighted by Crippen LogP contribution is 2.45. The fourth-order valence-electron chi connectivity index (χ4n) is 4.21. The first-order valence-corrected chi connectivity index (χ1v) is 10.0. The average molecular weight is 397 g/mol. The molecule has 5 nitrogen and oxygen atoms in total. The second kappa shape index (κ2) is 6.28. The third-order valence-corrected chi connectivity index (χ3v) is 5.85. The molecule has 30 heavy (non-hydrogen) atoms. The maximum Gasteiger partial charge on any atom is 0.261 e. The Labute approximate surface area is 175 Å². The molecule has 1 aliphatic heterocycles. The summed E-state index contributed by atoms with van der Waals surface area (Å²) in [4.78, 5) is 22.4. The van der Waals surface area contributed by atoms with Crippen LogP contribution in [0.2, 0.25) is 0 Å². The Morgan fingerprint density at radius 1 is 1.00 bits per heavy atom. The molecule has 1 unspecified atom stereocenters. The lowest BCUT2D eigenvalue weighted by molar-refractivity contribution is 0.0704. The highest BCUT2D eigenvalue weighted by Gasteiger charge is 2.50. The Balaban J connectivity index is 1.76. The van der Waals surface area contributed by atoms with Crippen molar-refractivity contribution >= 4 is 22.6 Å². The summed E-state index contributed by atoms with van der Waals surface area (Å²) in [6, 6.07) is 20.7. The quantitative estimate of drug-likeness (QED) is 0.514. The number of aromatic nitrogens is 2. The van der Waals surface area contributed by atoms with Gasteiger partial charge in [0.1, 0.15) is 0 Å². The number of rotatable bonds is 2. The van der Waals surface area contributed by atoms with Crippen LogP contribution in [-0.2, 0) is 11.1 Å². The summed E-state index contributed by atoms with van der Waals surface area (Å²) in [7, 11) is 0. The minimum Gasteiger partial charge on any atom is -0.363 e. The SMILES string of the molecule is CC(C)(C)c1cccc(N2C(=O)c3ccccc3C2(O)c2ccc3nc[nH]c3c2)c1. The fraction of sp³-hybridized carbons (Fsp3) is 0.200. The fourth-order valence-corrected chi connectivity index (χ4v) is 4.21. The molecule has 3 aromatic carbocycles. The van der Waals surface area contributed by atoms with Crippen LogP contribution in [0.5, 0.6) is 0 Å². The predicted molar refractivity (Wildman–Crippen MR) is 117 cm³/mol. The molecule has 5 heteroatoms. The lowest BCUT2D eigenvalue weighted by Crippen LogP contribution is -2.45. The van der Waals surface area contributed by atoms with E-state index in [1.54, 1.807) is 12.4 Å². The summed E-state index contributed by atoms with van der Waals surface area (Å²) in [5.74, 6) is -0.219. The highest BCUT2D eigenvalue weighted by atomic mass is 16.3. The summed E-state index contributed by atoms with van der Waals surface area (Å²) in [5.41, 5.74) is 3.36. The van der Waals surface area contributed by atoms with Crippen molar-refractivity contribution in [3.63, 3.8) is 0 Å². The number of amides is 1. The van der Waals surface area contributed by atoms with Crippen LogP contribution >= 0.6 is 0 Å². The average Bonchev–Trinajstić information content (AvgIpc) is 3.29. The number of H-pyrrole nitrogens is 1. The van der Waals surface area contributed by atoms with Crippen LogP contribution in [-0.4, -0.2) is 21.0 Å². The van der Waals surface area contributed by atoms with Gasteiger partial charge in [-0.3, -0.25) is 9.69 Å². The lowest BCUT2D eigenvalue weighted by Gasteiger charge is -2.35. The van der Waals surface area contributed by atoms with E-state index in [1.165, 1.54) is 4.90 Å². The van der Waals surface area contributed by atoms with Crippen molar-refractivity contribution in [3.8, 4) is 0 Å². The smallest absolute Gasteiger partial charge is 0.261 e. The van der Waals surface area contributed by atoms with Gasteiger partial charge in [-0.15, -0.1) is 0 Å². The van der Waals surface area contributed by atoms with Crippen LogP contribution in [0.15, 0.2) is 73.1 Å². The number of nitrogens with one attached hydrogen (secondary N) is 1. The van der Waals surface area contributed by atoms with E-state index in [1.807, 2.05) is 60.7 Å². The molecule has 150 valence electrons. The van der Waals surface area contributed by atoms with Crippen molar-refractivity contribution in [2.45, 2.75) is 31.9 Å². The number of benzene rings is 3. The van der Waals surface area contributed by atoms with E-state index in [-0.39, 0.29) is 11.3 Å². The Hall–Kier alpha value is -3.44. The van der Waals surface area contributed by atoms with Gasteiger partial charge >= 0.3 is 0 Å². The van der Waals surface area contributed by atoms with Crippen LogP contribution in [0, 0.1) is 0 Å². The van der Waals surface area contributed by atoms with Gasteiger partial charge in [-0.1, -0.05) is 57.2 Å². The zero-order valence-corrected chi connectivity index (χ0v) is 17.2. The Morgan fingerprint density at radius 3 is 2.60 bits per heavy atom. The molecule has 0 fully saturated rings. The zero-order valence-electron chi connectivity index (χ0n) is 17.2. The first kappa shape index (κ1) is 18.6. The topological polar surface area (TPSA) is 69.2 Å². The molecular weight excluding hydrogens is 374 g/mol. The number of nitrogens with zero attached hydrogens (tertiary/aromatic N) is 2. The first-order chi connectivity index (χ1) is 14.3. The number of carbonyl (C=O) groups is 1. The van der Waals surface area contributed by atoms with E-state index in [2.05, 4.69) is 30.7 Å². The number of hydrogen-bond acceptors (Lipinski definition) is 3. The highest BCUT2D eigenvalue weighted by molar-refractivity contribution is 6.12. The number of anilines is 1. The number of carbonyl (C=O) groups excluding carboxylic acids is 1. The van der Waals surface area contributed by atoms with E-state index in [9.17, 15) is 9.90 Å². The maximum atomic E-state index is 13.5. The van der Waals surface area contributed by atoms with Crippen molar-refractivity contribution in [1.29, 1.82) is 0 Å². The van der Waals surface area contributed by atoms with E-state index in [0.717, 1.165) is 16.6 Å². The molecule has 2 N–H and O–H groups in total. The number of hydrogen-bond donors (Lipinski definition) is 2. The molecule has 1 aliphatic rings. The molecule has 0 bridgehead atoms. The van der Waals surface area contributed by atoms with E-state index >= 15 is 0 Å². The Bertz CT molecular complexity index is 1280. The minimum absolute atomic E-state index is 0.0847. The molecule has 1 atom stereocenters. The van der Waals surface area contributed by atoms with Gasteiger partial charge in [0.25, 0.3) is 5.91 Å². The van der Waals surface area contributed by atoms with Gasteiger partial charge < -0.3 is 10.1 Å². The molecule has 1 aromatic heterocycles. The van der Waals surface area contributed by atoms with Crippen LogP contribution in [0.3, 0.4) is 0 Å². The molecule has 4 aromatic rings. The van der Waals surface area contributed by atoms with Crippen molar-refractivity contribution in [2.24, 2.45) is 0 Å². The lowest BCUT2D eigenvalue weighted by atomic mass is 9.86. The van der Waals surface area contributed by atoms with Gasteiger partial charge in [0.15, 0.2) is 5.72 Å². The molecule has 1 amide bonds. The zero-order chi connectivity index (χ0) is 21.1. The van der Waals surface area contributed by atoms with Gasteiger partial charge in [-0.25, -0.2) is 4.98 Å². The molecule has 0 saturated carbocycles. The standard InChI is InChI=1S/C25H23N3O2/c1-24(2,3)16-7-6-8-18(13-16)28-23(29)19-9-4-5-10-20(19)25(28,30)17-11-12-21-22(14-17)27-15-26-21/h4-15,30H,1-3H3,(H,26,27). The van der Waals surface area contributed by atoms with Crippen molar-refractivity contribution in [1.82, 2.24) is 9.97 Å². The molecule has 0 spiro atoms. The van der Waals surface area contributed by atoms with E-state index in [0.29, 0.717) is 22.4 Å². The molecule has 5 rings (SSSR count). The van der Waals surface area contributed by atoms with Crippen LogP contribution in [0.25, 0.3) is 11.0 Å². The van der Waals surface area contributed by atoms with Crippen LogP contribution in [0.1, 0.15) is 47.8 Å². The second-order valence-electron chi connectivity index (χ2n) is 8.79. The first-order valence-electron chi connectivity index (χ1n) is 10.0. The third kappa shape index (κ3) is 2.59. The van der Waals surface area contributed by atoms with Gasteiger partial charge in [0, 0.05) is 22.4 Å².